The molecule has 1 saturated heterocycles. The molecule has 1 aliphatic heterocycles. The first-order chi connectivity index (χ1) is 14.1. The monoisotopic (exact) mass is 445 g/mol. The van der Waals surface area contributed by atoms with Gasteiger partial charge in [-0.05, 0) is 44.9 Å². The molecule has 30 heavy (non-hydrogen) atoms. The average Bonchev–Trinajstić information content (AvgIpc) is 3.20. The lowest BCUT2D eigenvalue weighted by molar-refractivity contribution is 0.0914. The van der Waals surface area contributed by atoms with Crippen LogP contribution in [0.1, 0.15) is 40.7 Å². The maximum absolute atomic E-state index is 12.9. The average molecular weight is 446 g/mol. The zero-order valence-electron chi connectivity index (χ0n) is 17.0. The van der Waals surface area contributed by atoms with Gasteiger partial charge in [-0.1, -0.05) is 30.0 Å². The summed E-state index contributed by atoms with van der Waals surface area (Å²) in [5.74, 6) is 0.874. The minimum absolute atomic E-state index is 0.0282. The SMILES string of the molecule is Cc1cc(C)n2nc(SCc3ccccc3C(=O)N[C@]3(C)CCS(=O)(=O)C3)nc2n1. The van der Waals surface area contributed by atoms with Gasteiger partial charge in [0.05, 0.1) is 17.0 Å². The van der Waals surface area contributed by atoms with Crippen LogP contribution in [0.15, 0.2) is 35.5 Å². The molecule has 0 saturated carbocycles. The lowest BCUT2D eigenvalue weighted by Crippen LogP contribution is -2.47. The minimum Gasteiger partial charge on any atom is -0.346 e. The summed E-state index contributed by atoms with van der Waals surface area (Å²) in [6, 6.07) is 9.26. The molecule has 1 aliphatic rings. The molecular weight excluding hydrogens is 422 g/mol. The van der Waals surface area contributed by atoms with Crippen LogP contribution in [0, 0.1) is 13.8 Å². The van der Waals surface area contributed by atoms with Gasteiger partial charge < -0.3 is 5.32 Å². The first-order valence-electron chi connectivity index (χ1n) is 9.59. The molecule has 3 heterocycles. The molecule has 0 unspecified atom stereocenters. The first kappa shape index (κ1) is 20.8. The number of aryl methyl sites for hydroxylation is 2. The molecule has 3 aromatic rings. The van der Waals surface area contributed by atoms with Crippen molar-refractivity contribution in [1.82, 2.24) is 24.9 Å². The number of carbonyl (C=O) groups excluding carboxylic acids is 1. The van der Waals surface area contributed by atoms with E-state index in [1.807, 2.05) is 32.0 Å². The Hall–Kier alpha value is -2.46. The van der Waals surface area contributed by atoms with Crippen molar-refractivity contribution < 1.29 is 13.2 Å². The fourth-order valence-corrected chi connectivity index (χ4v) is 6.58. The van der Waals surface area contributed by atoms with Crippen molar-refractivity contribution in [1.29, 1.82) is 0 Å². The van der Waals surface area contributed by atoms with Crippen LogP contribution in [-0.2, 0) is 15.6 Å². The Balaban J connectivity index is 1.51. The van der Waals surface area contributed by atoms with E-state index in [2.05, 4.69) is 20.4 Å². The van der Waals surface area contributed by atoms with Crippen LogP contribution in [0.3, 0.4) is 0 Å². The van der Waals surface area contributed by atoms with Gasteiger partial charge in [0.2, 0.25) is 5.16 Å². The molecule has 0 aliphatic carbocycles. The molecule has 1 atom stereocenters. The Labute approximate surface area is 179 Å². The molecule has 0 radical (unpaired) electrons. The number of fused-ring (bicyclic) bond motifs is 1. The zero-order valence-corrected chi connectivity index (χ0v) is 18.7. The molecule has 0 bridgehead atoms. The Morgan fingerprint density at radius 3 is 2.77 bits per heavy atom. The maximum atomic E-state index is 12.9. The number of sulfone groups is 1. The molecule has 2 aromatic heterocycles. The van der Waals surface area contributed by atoms with Crippen molar-refractivity contribution in [3.8, 4) is 0 Å². The van der Waals surface area contributed by atoms with E-state index in [-0.39, 0.29) is 17.4 Å². The van der Waals surface area contributed by atoms with Crippen molar-refractivity contribution in [2.24, 2.45) is 0 Å². The molecule has 8 nitrogen and oxygen atoms in total. The molecule has 158 valence electrons. The Morgan fingerprint density at radius 2 is 2.03 bits per heavy atom. The number of carbonyl (C=O) groups is 1. The Morgan fingerprint density at radius 1 is 1.27 bits per heavy atom. The number of amides is 1. The van der Waals surface area contributed by atoms with Gasteiger partial charge >= 0.3 is 0 Å². The molecule has 0 spiro atoms. The van der Waals surface area contributed by atoms with Crippen molar-refractivity contribution in [3.63, 3.8) is 0 Å². The zero-order chi connectivity index (χ0) is 21.5. The van der Waals surface area contributed by atoms with E-state index in [9.17, 15) is 13.2 Å². The van der Waals surface area contributed by atoms with E-state index in [1.165, 1.54) is 11.8 Å². The smallest absolute Gasteiger partial charge is 0.253 e. The second-order valence-corrected chi connectivity index (χ2v) is 11.1. The second kappa shape index (κ2) is 7.66. The molecule has 10 heteroatoms. The molecule has 1 N–H and O–H groups in total. The van der Waals surface area contributed by atoms with Gasteiger partial charge in [-0.15, -0.1) is 5.10 Å². The number of thioether (sulfide) groups is 1. The number of rotatable bonds is 5. The maximum Gasteiger partial charge on any atom is 0.253 e. The van der Waals surface area contributed by atoms with Crippen LogP contribution in [0.25, 0.3) is 5.78 Å². The predicted molar refractivity (Wildman–Crippen MR) is 115 cm³/mol. The van der Waals surface area contributed by atoms with Gasteiger partial charge in [0, 0.05) is 22.7 Å². The Kier molecular flexibility index (Phi) is 5.31. The van der Waals surface area contributed by atoms with Crippen molar-refractivity contribution in [2.75, 3.05) is 11.5 Å². The van der Waals surface area contributed by atoms with E-state index in [0.717, 1.165) is 17.0 Å². The highest BCUT2D eigenvalue weighted by Crippen LogP contribution is 2.26. The van der Waals surface area contributed by atoms with Crippen molar-refractivity contribution in [3.05, 3.63) is 52.8 Å². The molecule has 1 fully saturated rings. The summed E-state index contributed by atoms with van der Waals surface area (Å²) < 4.78 is 25.4. The van der Waals surface area contributed by atoms with E-state index < -0.39 is 15.4 Å². The number of hydrogen-bond donors (Lipinski definition) is 1. The highest BCUT2D eigenvalue weighted by molar-refractivity contribution is 7.98. The lowest BCUT2D eigenvalue weighted by atomic mass is 10.0. The highest BCUT2D eigenvalue weighted by Gasteiger charge is 2.39. The van der Waals surface area contributed by atoms with Crippen LogP contribution in [-0.4, -0.2) is 51.0 Å². The lowest BCUT2D eigenvalue weighted by Gasteiger charge is -2.24. The van der Waals surface area contributed by atoms with Gasteiger partial charge in [-0.2, -0.15) is 4.98 Å². The molecular formula is C20H23N5O3S2. The van der Waals surface area contributed by atoms with Crippen LogP contribution >= 0.6 is 11.8 Å². The normalized spacial score (nSPS) is 20.5. The predicted octanol–water partition coefficient (Wildman–Crippen LogP) is 2.34. The standard InChI is InChI=1S/C20H23N5O3S2/c1-13-10-14(2)25-18(21-13)22-19(24-25)29-11-15-6-4-5-7-16(15)17(26)23-20(3)8-9-30(27,28)12-20/h4-7,10H,8-9,11-12H2,1-3H3,(H,23,26)/t20-/m1/s1. The number of nitrogens with zero attached hydrogens (tertiary/aromatic N) is 4. The first-order valence-corrected chi connectivity index (χ1v) is 12.4. The molecule has 1 aromatic carbocycles. The summed E-state index contributed by atoms with van der Waals surface area (Å²) in [4.78, 5) is 21.8. The van der Waals surface area contributed by atoms with E-state index in [1.54, 1.807) is 23.6 Å². The van der Waals surface area contributed by atoms with Crippen molar-refractivity contribution >= 4 is 33.3 Å². The third-order valence-electron chi connectivity index (χ3n) is 5.14. The quantitative estimate of drug-likeness (QED) is 0.601. The summed E-state index contributed by atoms with van der Waals surface area (Å²) in [7, 11) is -3.10. The van der Waals surface area contributed by atoms with E-state index in [4.69, 9.17) is 0 Å². The number of nitrogens with one attached hydrogen (secondary N) is 1. The van der Waals surface area contributed by atoms with E-state index in [0.29, 0.717) is 28.7 Å². The van der Waals surface area contributed by atoms with Gasteiger partial charge in [-0.25, -0.2) is 17.9 Å². The van der Waals surface area contributed by atoms with Gasteiger partial charge in [0.15, 0.2) is 9.84 Å². The summed E-state index contributed by atoms with van der Waals surface area (Å²) in [5, 5.41) is 8.00. The summed E-state index contributed by atoms with van der Waals surface area (Å²) >= 11 is 1.43. The summed E-state index contributed by atoms with van der Waals surface area (Å²) in [6.07, 6.45) is 0.426. The second-order valence-electron chi connectivity index (χ2n) is 7.95. The van der Waals surface area contributed by atoms with Gasteiger partial charge in [-0.3, -0.25) is 4.79 Å². The molecule has 4 rings (SSSR count). The number of aromatic nitrogens is 4. The Bertz CT molecular complexity index is 1240. The third kappa shape index (κ3) is 4.34. The summed E-state index contributed by atoms with van der Waals surface area (Å²) in [6.45, 7) is 5.65. The van der Waals surface area contributed by atoms with Crippen LogP contribution in [0.5, 0.6) is 0 Å². The number of benzene rings is 1. The fraction of sp³-hybridized carbons (Fsp3) is 0.400. The highest BCUT2D eigenvalue weighted by atomic mass is 32.2. The van der Waals surface area contributed by atoms with Crippen LogP contribution in [0.4, 0.5) is 0 Å². The minimum atomic E-state index is -3.10. The largest absolute Gasteiger partial charge is 0.346 e. The third-order valence-corrected chi connectivity index (χ3v) is 7.93. The van der Waals surface area contributed by atoms with Crippen LogP contribution < -0.4 is 5.32 Å². The summed E-state index contributed by atoms with van der Waals surface area (Å²) in [5.41, 5.74) is 2.47. The van der Waals surface area contributed by atoms with E-state index >= 15 is 0 Å². The van der Waals surface area contributed by atoms with Gasteiger partial charge in [0.25, 0.3) is 11.7 Å². The van der Waals surface area contributed by atoms with Gasteiger partial charge in [0.1, 0.15) is 0 Å². The van der Waals surface area contributed by atoms with Crippen molar-refractivity contribution in [2.45, 2.75) is 43.6 Å². The van der Waals surface area contributed by atoms with Crippen LogP contribution in [0.2, 0.25) is 0 Å². The molecule has 1 amide bonds. The topological polar surface area (TPSA) is 106 Å². The number of hydrogen-bond acceptors (Lipinski definition) is 7. The fourth-order valence-electron chi connectivity index (χ4n) is 3.67.